The molecule has 1 aliphatic carbocycles. The number of benzene rings is 2. The van der Waals surface area contributed by atoms with Crippen LogP contribution in [-0.2, 0) is 6.11 Å². The van der Waals surface area contributed by atoms with Gasteiger partial charge in [-0.1, -0.05) is 19.8 Å². The van der Waals surface area contributed by atoms with E-state index < -0.39 is 46.3 Å². The Bertz CT molecular complexity index is 914. The van der Waals surface area contributed by atoms with Gasteiger partial charge in [-0.2, -0.15) is 14.0 Å². The molecular weight excluding hydrogens is 396 g/mol. The predicted octanol–water partition coefficient (Wildman–Crippen LogP) is 6.54. The summed E-state index contributed by atoms with van der Waals surface area (Å²) in [5.41, 5.74) is -2.00. The van der Waals surface area contributed by atoms with Crippen LogP contribution in [0.4, 0.5) is 26.3 Å². The lowest BCUT2D eigenvalue weighted by Gasteiger charge is -2.27. The highest BCUT2D eigenvalue weighted by Crippen LogP contribution is 2.40. The molecule has 3 rings (SSSR count). The lowest BCUT2D eigenvalue weighted by Crippen LogP contribution is -2.24. The van der Waals surface area contributed by atoms with Gasteiger partial charge >= 0.3 is 6.11 Å². The van der Waals surface area contributed by atoms with Crippen molar-refractivity contribution < 1.29 is 31.1 Å². The van der Waals surface area contributed by atoms with Gasteiger partial charge in [-0.3, -0.25) is 0 Å². The maximum atomic E-state index is 14.4. The average molecular weight is 413 g/mol. The summed E-state index contributed by atoms with van der Waals surface area (Å²) in [6, 6.07) is 3.48. The van der Waals surface area contributed by atoms with E-state index in [0.29, 0.717) is 11.5 Å². The largest absolute Gasteiger partial charge is 0.427 e. The van der Waals surface area contributed by atoms with Gasteiger partial charge in [0.25, 0.3) is 0 Å². The van der Waals surface area contributed by atoms with Crippen LogP contribution in [0.3, 0.4) is 0 Å². The molecule has 0 radical (unpaired) electrons. The van der Waals surface area contributed by atoms with Crippen molar-refractivity contribution in [3.63, 3.8) is 0 Å². The summed E-state index contributed by atoms with van der Waals surface area (Å²) in [6.07, 6.45) is -1.15. The minimum atomic E-state index is -4.43. The number of alkyl halides is 2. The van der Waals surface area contributed by atoms with Crippen molar-refractivity contribution in [3.05, 3.63) is 64.2 Å². The molecule has 2 nitrogen and oxygen atoms in total. The van der Waals surface area contributed by atoms with Gasteiger partial charge < -0.3 is 4.74 Å². The van der Waals surface area contributed by atoms with Crippen LogP contribution < -0.4 is 4.74 Å². The van der Waals surface area contributed by atoms with E-state index >= 15 is 0 Å². The van der Waals surface area contributed by atoms with Crippen LogP contribution in [0, 0.1) is 40.5 Å². The van der Waals surface area contributed by atoms with Crippen molar-refractivity contribution in [2.24, 2.45) is 5.92 Å². The number of hydrogen-bond acceptors (Lipinski definition) is 2. The van der Waals surface area contributed by atoms with Gasteiger partial charge in [0.15, 0.2) is 17.4 Å². The quantitative estimate of drug-likeness (QED) is 0.534. The van der Waals surface area contributed by atoms with Gasteiger partial charge in [0.05, 0.1) is 5.56 Å². The normalized spacial score (nSPS) is 19.7. The van der Waals surface area contributed by atoms with Crippen LogP contribution in [0.25, 0.3) is 0 Å². The Hall–Kier alpha value is -2.69. The number of ether oxygens (including phenoxy) is 1. The summed E-state index contributed by atoms with van der Waals surface area (Å²) in [5.74, 6) is -6.61. The molecule has 0 atom stereocenters. The number of rotatable bonds is 4. The molecule has 0 aliphatic heterocycles. The predicted molar refractivity (Wildman–Crippen MR) is 92.3 cm³/mol. The second kappa shape index (κ2) is 7.97. The van der Waals surface area contributed by atoms with Crippen molar-refractivity contribution in [3.8, 4) is 11.8 Å². The molecule has 0 amide bonds. The van der Waals surface area contributed by atoms with Crippen molar-refractivity contribution in [1.82, 2.24) is 0 Å². The zero-order chi connectivity index (χ0) is 21.3. The Morgan fingerprint density at radius 2 is 1.41 bits per heavy atom. The number of nitriles is 1. The van der Waals surface area contributed by atoms with Gasteiger partial charge in [0, 0.05) is 0 Å². The lowest BCUT2D eigenvalue weighted by atomic mass is 9.79. The van der Waals surface area contributed by atoms with E-state index in [1.807, 2.05) is 0 Å². The second-order valence-corrected chi connectivity index (χ2v) is 7.32. The molecule has 8 heteroatoms. The van der Waals surface area contributed by atoms with E-state index in [1.54, 1.807) is 0 Å². The van der Waals surface area contributed by atoms with Gasteiger partial charge in [-0.25, -0.2) is 17.6 Å². The molecular formula is C21H17F6NO. The standard InChI is InChI=1S/C21H17F6NO/c1-11-2-4-12(5-3-11)13-6-18(24)20(19(25)7-13)29-21(26,27)14-8-16(22)15(10-28)17(23)9-14/h6-9,11-12H,2-5H2,1H3. The van der Waals surface area contributed by atoms with E-state index in [1.165, 1.54) is 6.07 Å². The summed E-state index contributed by atoms with van der Waals surface area (Å²) < 4.78 is 88.8. The minimum absolute atomic E-state index is 0.0773. The van der Waals surface area contributed by atoms with Crippen LogP contribution in [-0.4, -0.2) is 0 Å². The van der Waals surface area contributed by atoms with Crippen LogP contribution >= 0.6 is 0 Å². The summed E-state index contributed by atoms with van der Waals surface area (Å²) >= 11 is 0. The Morgan fingerprint density at radius 3 is 1.90 bits per heavy atom. The molecule has 0 unspecified atom stereocenters. The van der Waals surface area contributed by atoms with E-state index in [0.717, 1.165) is 37.8 Å². The van der Waals surface area contributed by atoms with Gasteiger partial charge in [0.2, 0.25) is 0 Å². The molecule has 2 aromatic rings. The van der Waals surface area contributed by atoms with E-state index in [4.69, 9.17) is 5.26 Å². The topological polar surface area (TPSA) is 33.0 Å². The Kier molecular flexibility index (Phi) is 5.78. The van der Waals surface area contributed by atoms with Crippen molar-refractivity contribution in [2.75, 3.05) is 0 Å². The van der Waals surface area contributed by atoms with Gasteiger partial charge in [0.1, 0.15) is 23.3 Å². The molecule has 0 spiro atoms. The van der Waals surface area contributed by atoms with Gasteiger partial charge in [-0.05, 0) is 54.5 Å². The maximum Gasteiger partial charge on any atom is 0.427 e. The van der Waals surface area contributed by atoms with E-state index in [2.05, 4.69) is 11.7 Å². The van der Waals surface area contributed by atoms with E-state index in [-0.39, 0.29) is 18.1 Å². The number of nitrogens with zero attached hydrogens (tertiary/aromatic N) is 1. The zero-order valence-corrected chi connectivity index (χ0v) is 15.4. The zero-order valence-electron chi connectivity index (χ0n) is 15.4. The van der Waals surface area contributed by atoms with E-state index in [9.17, 15) is 26.3 Å². The lowest BCUT2D eigenvalue weighted by molar-refractivity contribution is -0.188. The molecule has 1 aliphatic rings. The summed E-state index contributed by atoms with van der Waals surface area (Å²) in [5, 5.41) is 8.60. The van der Waals surface area contributed by atoms with Crippen molar-refractivity contribution in [2.45, 2.75) is 44.6 Å². The average Bonchev–Trinajstić information content (AvgIpc) is 2.65. The fourth-order valence-electron chi connectivity index (χ4n) is 3.54. The first-order valence-electron chi connectivity index (χ1n) is 9.07. The number of halogens is 6. The summed E-state index contributed by atoms with van der Waals surface area (Å²) in [4.78, 5) is 0. The maximum absolute atomic E-state index is 14.4. The molecule has 0 heterocycles. The van der Waals surface area contributed by atoms with Gasteiger partial charge in [-0.15, -0.1) is 0 Å². The smallest absolute Gasteiger partial charge is 0.423 e. The molecule has 29 heavy (non-hydrogen) atoms. The van der Waals surface area contributed by atoms with Crippen LogP contribution in [0.1, 0.15) is 55.2 Å². The summed E-state index contributed by atoms with van der Waals surface area (Å²) in [6.45, 7) is 2.09. The van der Waals surface area contributed by atoms with Crippen LogP contribution in [0.15, 0.2) is 24.3 Å². The second-order valence-electron chi connectivity index (χ2n) is 7.32. The molecule has 2 aromatic carbocycles. The first kappa shape index (κ1) is 21.0. The summed E-state index contributed by atoms with van der Waals surface area (Å²) in [7, 11) is 0. The Labute approximate surface area is 163 Å². The molecule has 1 saturated carbocycles. The highest BCUT2D eigenvalue weighted by atomic mass is 19.3. The Morgan fingerprint density at radius 1 is 0.897 bits per heavy atom. The third-order valence-electron chi connectivity index (χ3n) is 5.23. The highest BCUT2D eigenvalue weighted by molar-refractivity contribution is 5.38. The fraction of sp³-hybridized carbons (Fsp3) is 0.381. The highest BCUT2D eigenvalue weighted by Gasteiger charge is 2.38. The fourth-order valence-corrected chi connectivity index (χ4v) is 3.54. The Balaban J connectivity index is 1.88. The molecule has 154 valence electrons. The molecule has 1 fully saturated rings. The SMILES string of the molecule is CC1CCC(c2cc(F)c(OC(F)(F)c3cc(F)c(C#N)c(F)c3)c(F)c2)CC1. The first-order chi connectivity index (χ1) is 13.6. The van der Waals surface area contributed by atoms with Crippen LogP contribution in [0.5, 0.6) is 5.75 Å². The minimum Gasteiger partial charge on any atom is -0.423 e. The van der Waals surface area contributed by atoms with Crippen molar-refractivity contribution >= 4 is 0 Å². The molecule has 0 N–H and O–H groups in total. The molecule has 0 aromatic heterocycles. The van der Waals surface area contributed by atoms with Crippen molar-refractivity contribution in [1.29, 1.82) is 5.26 Å². The third-order valence-corrected chi connectivity index (χ3v) is 5.23. The number of hydrogen-bond donors (Lipinski definition) is 0. The van der Waals surface area contributed by atoms with Crippen LogP contribution in [0.2, 0.25) is 0 Å². The molecule has 0 saturated heterocycles. The molecule has 0 bridgehead atoms. The first-order valence-corrected chi connectivity index (χ1v) is 9.07. The monoisotopic (exact) mass is 413 g/mol. The third kappa shape index (κ3) is 4.34.